The maximum Gasteiger partial charge on any atom is 0.0597 e. The number of fused-ring (bicyclic) bond motifs is 2. The lowest BCUT2D eigenvalue weighted by Gasteiger charge is -2.30. The van der Waals surface area contributed by atoms with Crippen LogP contribution in [-0.4, -0.2) is 16.8 Å². The molecular weight excluding hydrogens is 222 g/mol. The topological polar surface area (TPSA) is 29.9 Å². The Hall–Kier alpha value is -0.830. The standard InChI is InChI=1S/C15H25N3/c1-4-18-14(7-10(2)17-18)15(16-3)13-9-11-5-6-12(13)8-11/h7,11-13,15-16H,4-6,8-9H2,1-3H3. The Morgan fingerprint density at radius 3 is 2.83 bits per heavy atom. The molecule has 0 aromatic carbocycles. The second kappa shape index (κ2) is 4.69. The molecule has 100 valence electrons. The van der Waals surface area contributed by atoms with Crippen molar-refractivity contribution in [2.45, 2.75) is 52.1 Å². The van der Waals surface area contributed by atoms with E-state index < -0.39 is 0 Å². The molecule has 0 aliphatic heterocycles. The normalized spacial score (nSPS) is 32.1. The molecule has 2 saturated carbocycles. The van der Waals surface area contributed by atoms with Gasteiger partial charge in [-0.05, 0) is 64.0 Å². The fourth-order valence-electron chi connectivity index (χ4n) is 4.35. The van der Waals surface area contributed by atoms with Crippen LogP contribution in [0, 0.1) is 24.7 Å². The van der Waals surface area contributed by atoms with Crippen LogP contribution in [0.1, 0.15) is 50.0 Å². The van der Waals surface area contributed by atoms with Gasteiger partial charge in [0, 0.05) is 6.54 Å². The molecule has 2 bridgehead atoms. The Morgan fingerprint density at radius 1 is 1.44 bits per heavy atom. The average molecular weight is 247 g/mol. The van der Waals surface area contributed by atoms with Crippen LogP contribution in [0.3, 0.4) is 0 Å². The summed E-state index contributed by atoms with van der Waals surface area (Å²) in [6, 6.07) is 2.78. The molecule has 4 unspecified atom stereocenters. The van der Waals surface area contributed by atoms with Gasteiger partial charge in [0.25, 0.3) is 0 Å². The van der Waals surface area contributed by atoms with E-state index in [0.29, 0.717) is 6.04 Å². The zero-order valence-electron chi connectivity index (χ0n) is 11.8. The van der Waals surface area contributed by atoms with Crippen LogP contribution >= 0.6 is 0 Å². The lowest BCUT2D eigenvalue weighted by Crippen LogP contribution is -2.30. The van der Waals surface area contributed by atoms with Crippen LogP contribution in [0.4, 0.5) is 0 Å². The van der Waals surface area contributed by atoms with Gasteiger partial charge in [0.15, 0.2) is 0 Å². The molecule has 2 fully saturated rings. The molecule has 4 atom stereocenters. The predicted octanol–water partition coefficient (Wildman–Crippen LogP) is 2.91. The van der Waals surface area contributed by atoms with E-state index in [1.54, 1.807) is 0 Å². The van der Waals surface area contributed by atoms with Crippen molar-refractivity contribution >= 4 is 0 Å². The van der Waals surface area contributed by atoms with E-state index >= 15 is 0 Å². The van der Waals surface area contributed by atoms with Gasteiger partial charge in [-0.3, -0.25) is 4.68 Å². The van der Waals surface area contributed by atoms with Crippen LogP contribution in [-0.2, 0) is 6.54 Å². The van der Waals surface area contributed by atoms with E-state index in [4.69, 9.17) is 0 Å². The molecule has 0 radical (unpaired) electrons. The second-order valence-electron chi connectivity index (χ2n) is 6.13. The van der Waals surface area contributed by atoms with Crippen molar-refractivity contribution in [3.63, 3.8) is 0 Å². The Kier molecular flexibility index (Phi) is 3.18. The van der Waals surface area contributed by atoms with Gasteiger partial charge in [-0.25, -0.2) is 0 Å². The molecule has 3 rings (SSSR count). The molecule has 2 aliphatic carbocycles. The fraction of sp³-hybridized carbons (Fsp3) is 0.800. The highest BCUT2D eigenvalue weighted by molar-refractivity contribution is 5.16. The quantitative estimate of drug-likeness (QED) is 0.886. The van der Waals surface area contributed by atoms with E-state index in [2.05, 4.69) is 42.1 Å². The molecular formula is C15H25N3. The lowest BCUT2D eigenvalue weighted by molar-refractivity contribution is 0.250. The minimum absolute atomic E-state index is 0.501. The third-order valence-corrected chi connectivity index (χ3v) is 5.08. The molecule has 18 heavy (non-hydrogen) atoms. The second-order valence-corrected chi connectivity index (χ2v) is 6.13. The van der Waals surface area contributed by atoms with Crippen LogP contribution in [0.5, 0.6) is 0 Å². The van der Waals surface area contributed by atoms with Crippen LogP contribution in [0.2, 0.25) is 0 Å². The number of aromatic nitrogens is 2. The van der Waals surface area contributed by atoms with Crippen molar-refractivity contribution in [1.82, 2.24) is 15.1 Å². The van der Waals surface area contributed by atoms with Crippen molar-refractivity contribution in [3.8, 4) is 0 Å². The predicted molar refractivity (Wildman–Crippen MR) is 73.4 cm³/mol. The first-order chi connectivity index (χ1) is 8.72. The van der Waals surface area contributed by atoms with Gasteiger partial charge in [0.05, 0.1) is 17.4 Å². The molecule has 3 nitrogen and oxygen atoms in total. The number of aryl methyl sites for hydroxylation is 2. The highest BCUT2D eigenvalue weighted by Crippen LogP contribution is 2.52. The SMILES string of the molecule is CCn1nc(C)cc1C(NC)C1CC2CCC1C2. The van der Waals surface area contributed by atoms with Gasteiger partial charge in [0.2, 0.25) is 0 Å². The largest absolute Gasteiger partial charge is 0.311 e. The maximum absolute atomic E-state index is 4.61. The number of nitrogens with one attached hydrogen (secondary N) is 1. The summed E-state index contributed by atoms with van der Waals surface area (Å²) in [5, 5.41) is 8.18. The molecule has 1 aromatic heterocycles. The highest BCUT2D eigenvalue weighted by Gasteiger charge is 2.43. The van der Waals surface area contributed by atoms with E-state index in [9.17, 15) is 0 Å². The monoisotopic (exact) mass is 247 g/mol. The highest BCUT2D eigenvalue weighted by atomic mass is 15.3. The van der Waals surface area contributed by atoms with E-state index in [1.807, 2.05) is 0 Å². The van der Waals surface area contributed by atoms with E-state index in [0.717, 1.165) is 30.0 Å². The van der Waals surface area contributed by atoms with Gasteiger partial charge in [-0.2, -0.15) is 5.10 Å². The maximum atomic E-state index is 4.61. The molecule has 3 heteroatoms. The van der Waals surface area contributed by atoms with Gasteiger partial charge >= 0.3 is 0 Å². The zero-order valence-corrected chi connectivity index (χ0v) is 11.8. The van der Waals surface area contributed by atoms with Crippen LogP contribution in [0.25, 0.3) is 0 Å². The lowest BCUT2D eigenvalue weighted by atomic mass is 9.82. The smallest absolute Gasteiger partial charge is 0.0597 e. The first kappa shape index (κ1) is 12.2. The Bertz CT molecular complexity index is 423. The van der Waals surface area contributed by atoms with Gasteiger partial charge in [-0.15, -0.1) is 0 Å². The summed E-state index contributed by atoms with van der Waals surface area (Å²) in [4.78, 5) is 0. The van der Waals surface area contributed by atoms with Crippen molar-refractivity contribution < 1.29 is 0 Å². The summed E-state index contributed by atoms with van der Waals surface area (Å²) in [6.07, 6.45) is 5.82. The van der Waals surface area contributed by atoms with Crippen molar-refractivity contribution in [1.29, 1.82) is 0 Å². The number of nitrogens with zero attached hydrogens (tertiary/aromatic N) is 2. The van der Waals surface area contributed by atoms with Crippen LogP contribution in [0.15, 0.2) is 6.07 Å². The van der Waals surface area contributed by atoms with Crippen LogP contribution < -0.4 is 5.32 Å². The molecule has 1 heterocycles. The van der Waals surface area contributed by atoms with Gasteiger partial charge in [-0.1, -0.05) is 6.42 Å². The summed E-state index contributed by atoms with van der Waals surface area (Å²) in [5.41, 5.74) is 2.55. The molecule has 2 aliphatic rings. The molecule has 0 saturated heterocycles. The minimum Gasteiger partial charge on any atom is -0.311 e. The third-order valence-electron chi connectivity index (χ3n) is 5.08. The van der Waals surface area contributed by atoms with Crippen molar-refractivity contribution in [3.05, 3.63) is 17.5 Å². The van der Waals surface area contributed by atoms with E-state index in [1.165, 1.54) is 31.4 Å². The number of hydrogen-bond acceptors (Lipinski definition) is 2. The van der Waals surface area contributed by atoms with Gasteiger partial charge in [0.1, 0.15) is 0 Å². The Morgan fingerprint density at radius 2 is 2.28 bits per heavy atom. The first-order valence-corrected chi connectivity index (χ1v) is 7.44. The fourth-order valence-corrected chi connectivity index (χ4v) is 4.35. The molecule has 1 N–H and O–H groups in total. The summed E-state index contributed by atoms with van der Waals surface area (Å²) in [7, 11) is 2.11. The Balaban J connectivity index is 1.87. The number of rotatable bonds is 4. The molecule has 1 aromatic rings. The molecule has 0 amide bonds. The molecule has 0 spiro atoms. The van der Waals surface area contributed by atoms with E-state index in [-0.39, 0.29) is 0 Å². The summed E-state index contributed by atoms with van der Waals surface area (Å²) in [6.45, 7) is 5.26. The Labute approximate surface area is 110 Å². The van der Waals surface area contributed by atoms with Crippen molar-refractivity contribution in [2.75, 3.05) is 7.05 Å². The number of hydrogen-bond donors (Lipinski definition) is 1. The summed E-state index contributed by atoms with van der Waals surface area (Å²) >= 11 is 0. The third kappa shape index (κ3) is 1.89. The minimum atomic E-state index is 0.501. The zero-order chi connectivity index (χ0) is 12.7. The summed E-state index contributed by atoms with van der Waals surface area (Å²) < 4.78 is 2.18. The average Bonchev–Trinajstić information content (AvgIpc) is 3.05. The first-order valence-electron chi connectivity index (χ1n) is 7.44. The summed E-state index contributed by atoms with van der Waals surface area (Å²) in [5.74, 6) is 2.79. The van der Waals surface area contributed by atoms with Gasteiger partial charge < -0.3 is 5.32 Å². The van der Waals surface area contributed by atoms with Crippen molar-refractivity contribution in [2.24, 2.45) is 17.8 Å².